The molecule has 0 radical (unpaired) electrons. The first-order valence-corrected chi connectivity index (χ1v) is 10.7. The molecule has 2 atom stereocenters. The first kappa shape index (κ1) is 19.9. The van der Waals surface area contributed by atoms with E-state index in [0.717, 1.165) is 44.7 Å². The molecule has 0 bridgehead atoms. The molecule has 0 spiro atoms. The third kappa shape index (κ3) is 4.62. The highest BCUT2D eigenvalue weighted by molar-refractivity contribution is 5.94. The fourth-order valence-corrected chi connectivity index (χ4v) is 4.35. The predicted octanol–water partition coefficient (Wildman–Crippen LogP) is 3.89. The van der Waals surface area contributed by atoms with E-state index >= 15 is 0 Å². The lowest BCUT2D eigenvalue weighted by atomic mass is 10.0. The van der Waals surface area contributed by atoms with E-state index in [0.29, 0.717) is 12.5 Å². The Morgan fingerprint density at radius 3 is 2.59 bits per heavy atom. The number of rotatable bonds is 6. The van der Waals surface area contributed by atoms with Crippen molar-refractivity contribution >= 4 is 17.3 Å². The molecular formula is C24H31N3O2. The van der Waals surface area contributed by atoms with Gasteiger partial charge in [0, 0.05) is 44.3 Å². The molecule has 2 aromatic carbocycles. The van der Waals surface area contributed by atoms with Gasteiger partial charge < -0.3 is 4.90 Å². The first-order chi connectivity index (χ1) is 14.1. The van der Waals surface area contributed by atoms with Gasteiger partial charge in [0.2, 0.25) is 0 Å². The van der Waals surface area contributed by atoms with Gasteiger partial charge in [-0.15, -0.1) is 0 Å². The quantitative estimate of drug-likeness (QED) is 0.746. The summed E-state index contributed by atoms with van der Waals surface area (Å²) in [6.45, 7) is 8.48. The van der Waals surface area contributed by atoms with Crippen LogP contribution in [0.2, 0.25) is 0 Å². The Balaban J connectivity index is 1.28. The van der Waals surface area contributed by atoms with Crippen molar-refractivity contribution in [2.45, 2.75) is 45.3 Å². The fraction of sp³-hybridized carbons (Fsp3) is 0.458. The minimum Gasteiger partial charge on any atom is -0.366 e. The maximum atomic E-state index is 12.4. The molecule has 5 heteroatoms. The van der Waals surface area contributed by atoms with Gasteiger partial charge in [-0.25, -0.2) is 0 Å². The molecule has 0 aromatic heterocycles. The molecule has 154 valence electrons. The van der Waals surface area contributed by atoms with Crippen molar-refractivity contribution in [3.05, 3.63) is 60.2 Å². The highest BCUT2D eigenvalue weighted by Crippen LogP contribution is 2.28. The van der Waals surface area contributed by atoms with Crippen LogP contribution in [0.5, 0.6) is 0 Å². The monoisotopic (exact) mass is 393 g/mol. The maximum absolute atomic E-state index is 12.4. The molecule has 1 fully saturated rings. The van der Waals surface area contributed by atoms with Gasteiger partial charge in [-0.3, -0.25) is 14.5 Å². The zero-order chi connectivity index (χ0) is 20.2. The molecule has 2 unspecified atom stereocenters. The number of amides is 1. The third-order valence-corrected chi connectivity index (χ3v) is 5.98. The number of hydrogen-bond donors (Lipinski definition) is 0. The van der Waals surface area contributed by atoms with Crippen LogP contribution >= 0.6 is 0 Å². The standard InChI is InChI=1S/C24H31N3O2/c1-19-18-25(16-17-26(19)22-9-4-3-5-10-22)15-14-20(2)29-27-23-11-7-6-8-21(23)12-13-24(27)28/h3-11,19-20H,12-18H2,1-2H3. The van der Waals surface area contributed by atoms with Crippen LogP contribution in [0.4, 0.5) is 11.4 Å². The number of carbonyl (C=O) groups is 1. The number of hydrogen-bond acceptors (Lipinski definition) is 4. The smallest absolute Gasteiger partial charge is 0.251 e. The number of aryl methyl sites for hydroxylation is 1. The molecule has 2 aliphatic heterocycles. The Kier molecular flexibility index (Phi) is 6.16. The number of para-hydroxylation sites is 2. The minimum atomic E-state index is -0.00688. The van der Waals surface area contributed by atoms with E-state index in [1.54, 1.807) is 0 Å². The Bertz CT molecular complexity index is 826. The molecule has 1 amide bonds. The van der Waals surface area contributed by atoms with E-state index in [9.17, 15) is 4.79 Å². The fourth-order valence-electron chi connectivity index (χ4n) is 4.35. The summed E-state index contributed by atoms with van der Waals surface area (Å²) in [5.41, 5.74) is 3.39. The van der Waals surface area contributed by atoms with Crippen molar-refractivity contribution in [2.75, 3.05) is 36.1 Å². The van der Waals surface area contributed by atoms with Crippen molar-refractivity contribution in [2.24, 2.45) is 0 Å². The number of piperazine rings is 1. The summed E-state index contributed by atoms with van der Waals surface area (Å²) in [4.78, 5) is 23.5. The Morgan fingerprint density at radius 2 is 1.79 bits per heavy atom. The highest BCUT2D eigenvalue weighted by atomic mass is 16.7. The van der Waals surface area contributed by atoms with E-state index in [4.69, 9.17) is 4.84 Å². The van der Waals surface area contributed by atoms with Gasteiger partial charge in [0.05, 0.1) is 11.8 Å². The molecule has 4 rings (SSSR count). The number of anilines is 2. The van der Waals surface area contributed by atoms with E-state index in [1.165, 1.54) is 16.3 Å². The Labute approximate surface area is 173 Å². The average molecular weight is 394 g/mol. The molecular weight excluding hydrogens is 362 g/mol. The lowest BCUT2D eigenvalue weighted by Crippen LogP contribution is -2.52. The van der Waals surface area contributed by atoms with Crippen LogP contribution in [0.3, 0.4) is 0 Å². The zero-order valence-electron chi connectivity index (χ0n) is 17.5. The normalized spacial score (nSPS) is 21.2. The number of carbonyl (C=O) groups excluding carboxylic acids is 1. The van der Waals surface area contributed by atoms with Crippen molar-refractivity contribution in [1.29, 1.82) is 0 Å². The third-order valence-electron chi connectivity index (χ3n) is 5.98. The molecule has 1 saturated heterocycles. The molecule has 2 aliphatic rings. The topological polar surface area (TPSA) is 36.0 Å². The van der Waals surface area contributed by atoms with Gasteiger partial charge in [0.1, 0.15) is 0 Å². The van der Waals surface area contributed by atoms with Crippen LogP contribution in [0.15, 0.2) is 54.6 Å². The number of benzene rings is 2. The van der Waals surface area contributed by atoms with Crippen LogP contribution < -0.4 is 9.96 Å². The highest BCUT2D eigenvalue weighted by Gasteiger charge is 2.27. The molecule has 0 aliphatic carbocycles. The van der Waals surface area contributed by atoms with E-state index in [1.807, 2.05) is 18.2 Å². The van der Waals surface area contributed by atoms with Crippen LogP contribution in [-0.2, 0) is 16.1 Å². The molecule has 0 saturated carbocycles. The second-order valence-electron chi connectivity index (χ2n) is 8.20. The summed E-state index contributed by atoms with van der Waals surface area (Å²) in [5.74, 6) is 0.0562. The second-order valence-corrected chi connectivity index (χ2v) is 8.20. The minimum absolute atomic E-state index is 0.00688. The summed E-state index contributed by atoms with van der Waals surface area (Å²) >= 11 is 0. The van der Waals surface area contributed by atoms with Gasteiger partial charge in [-0.2, -0.15) is 5.06 Å². The van der Waals surface area contributed by atoms with Crippen molar-refractivity contribution in [1.82, 2.24) is 4.90 Å². The molecule has 2 heterocycles. The van der Waals surface area contributed by atoms with Crippen molar-refractivity contribution < 1.29 is 9.63 Å². The molecule has 0 N–H and O–H groups in total. The van der Waals surface area contributed by atoms with Crippen LogP contribution in [-0.4, -0.2) is 49.1 Å². The summed E-state index contributed by atoms with van der Waals surface area (Å²) in [6.07, 6.45) is 2.21. The Hall–Kier alpha value is -2.37. The van der Waals surface area contributed by atoms with Crippen molar-refractivity contribution in [3.63, 3.8) is 0 Å². The van der Waals surface area contributed by atoms with E-state index in [-0.39, 0.29) is 12.0 Å². The van der Waals surface area contributed by atoms with Gasteiger partial charge in [0.15, 0.2) is 0 Å². The number of nitrogens with zero attached hydrogens (tertiary/aromatic N) is 3. The van der Waals surface area contributed by atoms with Gasteiger partial charge >= 0.3 is 0 Å². The van der Waals surface area contributed by atoms with Crippen LogP contribution in [0.1, 0.15) is 32.3 Å². The summed E-state index contributed by atoms with van der Waals surface area (Å²) in [7, 11) is 0. The van der Waals surface area contributed by atoms with E-state index < -0.39 is 0 Å². The summed E-state index contributed by atoms with van der Waals surface area (Å²) in [6, 6.07) is 19.2. The Morgan fingerprint density at radius 1 is 1.03 bits per heavy atom. The molecule has 5 nitrogen and oxygen atoms in total. The lowest BCUT2D eigenvalue weighted by Gasteiger charge is -2.41. The lowest BCUT2D eigenvalue weighted by molar-refractivity contribution is -0.129. The maximum Gasteiger partial charge on any atom is 0.251 e. The predicted molar refractivity (Wildman–Crippen MR) is 117 cm³/mol. The molecule has 29 heavy (non-hydrogen) atoms. The number of hydroxylamine groups is 1. The van der Waals surface area contributed by atoms with Crippen molar-refractivity contribution in [3.8, 4) is 0 Å². The largest absolute Gasteiger partial charge is 0.366 e. The first-order valence-electron chi connectivity index (χ1n) is 10.7. The van der Waals surface area contributed by atoms with Gasteiger partial charge in [-0.1, -0.05) is 36.4 Å². The second kappa shape index (κ2) is 8.97. The number of fused-ring (bicyclic) bond motifs is 1. The summed E-state index contributed by atoms with van der Waals surface area (Å²) in [5, 5.41) is 1.53. The van der Waals surface area contributed by atoms with Crippen LogP contribution in [0.25, 0.3) is 0 Å². The molecule has 2 aromatic rings. The summed E-state index contributed by atoms with van der Waals surface area (Å²) < 4.78 is 0. The van der Waals surface area contributed by atoms with Gasteiger partial charge in [-0.05, 0) is 50.5 Å². The van der Waals surface area contributed by atoms with E-state index in [2.05, 4.69) is 60.0 Å². The van der Waals surface area contributed by atoms with Gasteiger partial charge in [0.25, 0.3) is 5.91 Å². The SMILES string of the molecule is CC(CCN1CCN(c2ccccc2)C(C)C1)ON1C(=O)CCc2ccccc21. The van der Waals surface area contributed by atoms with Crippen LogP contribution in [0, 0.1) is 0 Å². The average Bonchev–Trinajstić information content (AvgIpc) is 2.75. The zero-order valence-corrected chi connectivity index (χ0v) is 17.5.